The van der Waals surface area contributed by atoms with Crippen LogP contribution in [0.25, 0.3) is 22.2 Å². The van der Waals surface area contributed by atoms with Crippen LogP contribution in [0.1, 0.15) is 11.4 Å². The summed E-state index contributed by atoms with van der Waals surface area (Å²) in [6.07, 6.45) is 0. The Hall–Kier alpha value is -3.78. The zero-order valence-electron chi connectivity index (χ0n) is 21.1. The lowest BCUT2D eigenvalue weighted by Gasteiger charge is -2.33. The first-order valence-corrected chi connectivity index (χ1v) is 14.4. The molecule has 6 rings (SSSR count). The average Bonchev–Trinajstić information content (AvgIpc) is 3.31. The molecule has 1 aliphatic heterocycles. The summed E-state index contributed by atoms with van der Waals surface area (Å²) >= 11 is 0. The summed E-state index contributed by atoms with van der Waals surface area (Å²) < 4.78 is 30.6. The van der Waals surface area contributed by atoms with Crippen molar-refractivity contribution in [3.63, 3.8) is 0 Å². The first-order chi connectivity index (χ1) is 18.6. The van der Waals surface area contributed by atoms with Gasteiger partial charge in [0.2, 0.25) is 10.0 Å². The van der Waals surface area contributed by atoms with Gasteiger partial charge in [0.25, 0.3) is 0 Å². The molecule has 0 spiro atoms. The van der Waals surface area contributed by atoms with Gasteiger partial charge in [0.05, 0.1) is 22.5 Å². The first-order valence-electron chi connectivity index (χ1n) is 12.9. The minimum Gasteiger partial charge on any atom is -0.322 e. The molecule has 0 aliphatic carbocycles. The van der Waals surface area contributed by atoms with E-state index >= 15 is 0 Å². The van der Waals surface area contributed by atoms with E-state index in [2.05, 4.69) is 39.8 Å². The van der Waals surface area contributed by atoms with Crippen LogP contribution < -0.4 is 0 Å². The topological polar surface area (TPSA) is 58.4 Å². The largest absolute Gasteiger partial charge is 0.322 e. The zero-order chi connectivity index (χ0) is 26.0. The summed E-state index contributed by atoms with van der Waals surface area (Å²) in [4.78, 5) is 7.58. The normalized spacial score (nSPS) is 15.2. The molecule has 1 aliphatic rings. The third-order valence-corrected chi connectivity index (χ3v) is 9.13. The molecular formula is C31H30N4O2S. The highest BCUT2D eigenvalue weighted by atomic mass is 32.2. The maximum atomic E-state index is 13.4. The van der Waals surface area contributed by atoms with E-state index in [-0.39, 0.29) is 0 Å². The molecular weight excluding hydrogens is 492 g/mol. The monoisotopic (exact) mass is 522 g/mol. The van der Waals surface area contributed by atoms with Crippen LogP contribution in [0.3, 0.4) is 0 Å². The van der Waals surface area contributed by atoms with Gasteiger partial charge in [0.1, 0.15) is 5.82 Å². The second-order valence-electron chi connectivity index (χ2n) is 9.66. The quantitative estimate of drug-likeness (QED) is 0.293. The molecule has 1 saturated heterocycles. The molecule has 2 heterocycles. The second kappa shape index (κ2) is 10.5. The molecule has 1 fully saturated rings. The fraction of sp³-hybridized carbons (Fsp3) is 0.194. The Labute approximate surface area is 223 Å². The highest BCUT2D eigenvalue weighted by molar-refractivity contribution is 7.89. The molecule has 6 nitrogen and oxygen atoms in total. The number of hydrogen-bond acceptors (Lipinski definition) is 4. The van der Waals surface area contributed by atoms with Crippen molar-refractivity contribution in [2.45, 2.75) is 18.0 Å². The lowest BCUT2D eigenvalue weighted by molar-refractivity contribution is 0.176. The van der Waals surface area contributed by atoms with Crippen LogP contribution in [0.5, 0.6) is 0 Å². The highest BCUT2D eigenvalue weighted by Gasteiger charge is 2.29. The maximum absolute atomic E-state index is 13.4. The summed E-state index contributed by atoms with van der Waals surface area (Å²) in [5, 5.41) is 0. The number of aromatic nitrogens is 2. The molecule has 0 atom stereocenters. The van der Waals surface area contributed by atoms with Gasteiger partial charge in [-0.15, -0.1) is 0 Å². The molecule has 0 unspecified atom stereocenters. The number of sulfonamides is 1. The van der Waals surface area contributed by atoms with E-state index in [1.807, 2.05) is 66.7 Å². The predicted molar refractivity (Wildman–Crippen MR) is 151 cm³/mol. The van der Waals surface area contributed by atoms with Crippen molar-refractivity contribution >= 4 is 21.1 Å². The van der Waals surface area contributed by atoms with E-state index in [4.69, 9.17) is 4.98 Å². The molecule has 0 radical (unpaired) electrons. The predicted octanol–water partition coefficient (Wildman–Crippen LogP) is 5.26. The first kappa shape index (κ1) is 24.6. The summed E-state index contributed by atoms with van der Waals surface area (Å²) in [5.74, 6) is 1.00. The van der Waals surface area contributed by atoms with Crippen molar-refractivity contribution in [3.05, 3.63) is 121 Å². The summed E-state index contributed by atoms with van der Waals surface area (Å²) in [7, 11) is -3.54. The van der Waals surface area contributed by atoms with Crippen molar-refractivity contribution in [2.75, 3.05) is 26.2 Å². The van der Waals surface area contributed by atoms with Crippen LogP contribution in [0.4, 0.5) is 0 Å². The molecule has 0 amide bonds. The number of benzene rings is 4. The average molecular weight is 523 g/mol. The highest BCUT2D eigenvalue weighted by Crippen LogP contribution is 2.24. The number of imidazole rings is 1. The van der Waals surface area contributed by atoms with Crippen LogP contribution in [0, 0.1) is 0 Å². The zero-order valence-corrected chi connectivity index (χ0v) is 22.0. The van der Waals surface area contributed by atoms with Gasteiger partial charge in [0.15, 0.2) is 0 Å². The molecule has 192 valence electrons. The van der Waals surface area contributed by atoms with E-state index in [1.165, 1.54) is 5.56 Å². The lowest BCUT2D eigenvalue weighted by Crippen LogP contribution is -2.48. The third-order valence-electron chi connectivity index (χ3n) is 7.21. The van der Waals surface area contributed by atoms with Gasteiger partial charge in [0, 0.05) is 32.7 Å². The van der Waals surface area contributed by atoms with Gasteiger partial charge in [-0.1, -0.05) is 84.9 Å². The number of hydrogen-bond donors (Lipinski definition) is 0. The fourth-order valence-electron chi connectivity index (χ4n) is 5.12. The van der Waals surface area contributed by atoms with E-state index < -0.39 is 10.0 Å². The van der Waals surface area contributed by atoms with Crippen LogP contribution in [0.15, 0.2) is 114 Å². The molecule has 0 bridgehead atoms. The SMILES string of the molecule is O=S(=O)(c1ccc(-c2ccccc2)cc1)N1CCN(Cc2nc3ccccc3n2Cc2ccccc2)CC1. The number of nitrogens with zero attached hydrogens (tertiary/aromatic N) is 4. The second-order valence-corrected chi connectivity index (χ2v) is 11.6. The van der Waals surface area contributed by atoms with E-state index in [0.29, 0.717) is 37.6 Å². The van der Waals surface area contributed by atoms with Crippen molar-refractivity contribution in [1.29, 1.82) is 0 Å². The maximum Gasteiger partial charge on any atom is 0.243 e. The van der Waals surface area contributed by atoms with Gasteiger partial charge >= 0.3 is 0 Å². The van der Waals surface area contributed by atoms with Gasteiger partial charge in [-0.05, 0) is 41.0 Å². The van der Waals surface area contributed by atoms with Crippen molar-refractivity contribution < 1.29 is 8.42 Å². The summed E-state index contributed by atoms with van der Waals surface area (Å²) in [5.41, 5.74) is 5.41. The molecule has 0 saturated carbocycles. The standard InChI is InChI=1S/C31H30N4O2S/c36-38(37,28-17-15-27(16-18-28)26-11-5-2-6-12-26)34-21-19-33(20-22-34)24-31-32-29-13-7-8-14-30(29)35(31)23-25-9-3-1-4-10-25/h1-18H,19-24H2. The summed E-state index contributed by atoms with van der Waals surface area (Å²) in [6, 6.07) is 35.8. The Balaban J connectivity index is 1.15. The van der Waals surface area contributed by atoms with Gasteiger partial charge < -0.3 is 4.57 Å². The van der Waals surface area contributed by atoms with Crippen molar-refractivity contribution in [3.8, 4) is 11.1 Å². The van der Waals surface area contributed by atoms with E-state index in [1.54, 1.807) is 16.4 Å². The van der Waals surface area contributed by atoms with E-state index in [0.717, 1.165) is 34.5 Å². The molecule has 7 heteroatoms. The summed E-state index contributed by atoms with van der Waals surface area (Å²) in [6.45, 7) is 3.68. The third kappa shape index (κ3) is 5.00. The van der Waals surface area contributed by atoms with Crippen LogP contribution in [-0.4, -0.2) is 53.4 Å². The minimum atomic E-state index is -3.54. The molecule has 5 aromatic rings. The Kier molecular flexibility index (Phi) is 6.81. The molecule has 38 heavy (non-hydrogen) atoms. The number of piperazine rings is 1. The smallest absolute Gasteiger partial charge is 0.243 e. The Bertz CT molecular complexity index is 1620. The van der Waals surface area contributed by atoms with Crippen molar-refractivity contribution in [1.82, 2.24) is 18.8 Å². The van der Waals surface area contributed by atoms with Gasteiger partial charge in [-0.2, -0.15) is 4.31 Å². The van der Waals surface area contributed by atoms with Crippen LogP contribution in [0.2, 0.25) is 0 Å². The van der Waals surface area contributed by atoms with Crippen LogP contribution >= 0.6 is 0 Å². The molecule has 4 aromatic carbocycles. The molecule has 1 aromatic heterocycles. The minimum absolute atomic E-state index is 0.343. The number of rotatable bonds is 7. The Morgan fingerprint density at radius 1 is 0.632 bits per heavy atom. The fourth-order valence-corrected chi connectivity index (χ4v) is 6.54. The van der Waals surface area contributed by atoms with Crippen LogP contribution in [-0.2, 0) is 23.1 Å². The van der Waals surface area contributed by atoms with Gasteiger partial charge in [-0.3, -0.25) is 4.90 Å². The van der Waals surface area contributed by atoms with E-state index in [9.17, 15) is 8.42 Å². The Morgan fingerprint density at radius 2 is 1.24 bits per heavy atom. The van der Waals surface area contributed by atoms with Gasteiger partial charge in [-0.25, -0.2) is 13.4 Å². The molecule has 0 N–H and O–H groups in total. The lowest BCUT2D eigenvalue weighted by atomic mass is 10.1. The Morgan fingerprint density at radius 3 is 1.95 bits per heavy atom. The number of fused-ring (bicyclic) bond motifs is 1. The van der Waals surface area contributed by atoms with Crippen molar-refractivity contribution in [2.24, 2.45) is 0 Å². The number of para-hydroxylation sites is 2.